The van der Waals surface area contributed by atoms with Gasteiger partial charge in [-0.05, 0) is 37.5 Å². The quantitative estimate of drug-likeness (QED) is 0.709. The molecule has 1 aromatic heterocycles. The van der Waals surface area contributed by atoms with Crippen molar-refractivity contribution in [2.45, 2.75) is 32.4 Å². The maximum Gasteiger partial charge on any atom is 0.0456 e. The van der Waals surface area contributed by atoms with E-state index < -0.39 is 0 Å². The maximum atomic E-state index is 3.69. The Hall–Kier alpha value is -2.06. The molecule has 21 heavy (non-hydrogen) atoms. The van der Waals surface area contributed by atoms with Crippen molar-refractivity contribution in [2.75, 3.05) is 0 Å². The number of fused-ring (bicyclic) bond motifs is 1. The lowest BCUT2D eigenvalue weighted by molar-refractivity contribution is 0.478. The number of aromatic amines is 1. The molecule has 108 valence electrons. The topological polar surface area (TPSA) is 27.8 Å². The molecular formula is C19H22N2. The van der Waals surface area contributed by atoms with Crippen LogP contribution in [0.4, 0.5) is 0 Å². The average molecular weight is 278 g/mol. The number of rotatable bonds is 5. The van der Waals surface area contributed by atoms with Gasteiger partial charge in [-0.25, -0.2) is 0 Å². The standard InChI is InChI=1S/C19H22N2/c1-14(21-15(2)16-8-4-3-5-9-16)12-17-13-20-19-11-7-6-10-18(17)19/h3-11,13-15,20-21H,12H2,1-2H3/t14-,15+/m0/s1. The molecular weight excluding hydrogens is 256 g/mol. The maximum absolute atomic E-state index is 3.69. The monoisotopic (exact) mass is 278 g/mol. The molecule has 0 spiro atoms. The molecule has 2 atom stereocenters. The van der Waals surface area contributed by atoms with E-state index in [1.54, 1.807) is 0 Å². The third-order valence-corrected chi connectivity index (χ3v) is 4.04. The van der Waals surface area contributed by atoms with Gasteiger partial charge >= 0.3 is 0 Å². The van der Waals surface area contributed by atoms with Crippen LogP contribution in [0.5, 0.6) is 0 Å². The largest absolute Gasteiger partial charge is 0.361 e. The first-order valence-corrected chi connectivity index (χ1v) is 7.60. The average Bonchev–Trinajstić information content (AvgIpc) is 2.91. The minimum atomic E-state index is 0.367. The molecule has 2 heteroatoms. The second-order valence-corrected chi connectivity index (χ2v) is 5.76. The summed E-state index contributed by atoms with van der Waals surface area (Å²) in [6.45, 7) is 4.47. The molecule has 3 rings (SSSR count). The van der Waals surface area contributed by atoms with Crippen LogP contribution in [-0.2, 0) is 6.42 Å². The first kappa shape index (κ1) is 13.9. The van der Waals surface area contributed by atoms with Crippen LogP contribution in [0.15, 0.2) is 60.8 Å². The molecule has 3 aromatic rings. The summed E-state index contributed by atoms with van der Waals surface area (Å²) in [6.07, 6.45) is 3.16. The van der Waals surface area contributed by atoms with Gasteiger partial charge in [-0.3, -0.25) is 0 Å². The lowest BCUT2D eigenvalue weighted by Crippen LogP contribution is -2.30. The Morgan fingerprint density at radius 3 is 2.48 bits per heavy atom. The number of aromatic nitrogens is 1. The van der Waals surface area contributed by atoms with Gasteiger partial charge in [-0.2, -0.15) is 0 Å². The lowest BCUT2D eigenvalue weighted by atomic mass is 10.0. The van der Waals surface area contributed by atoms with E-state index in [1.807, 2.05) is 0 Å². The number of hydrogen-bond acceptors (Lipinski definition) is 1. The Balaban J connectivity index is 1.68. The van der Waals surface area contributed by atoms with E-state index in [0.29, 0.717) is 12.1 Å². The van der Waals surface area contributed by atoms with Crippen LogP contribution >= 0.6 is 0 Å². The van der Waals surface area contributed by atoms with Crippen LogP contribution in [0.3, 0.4) is 0 Å². The zero-order valence-electron chi connectivity index (χ0n) is 12.6. The fraction of sp³-hybridized carbons (Fsp3) is 0.263. The number of hydrogen-bond donors (Lipinski definition) is 2. The molecule has 0 fully saturated rings. The van der Waals surface area contributed by atoms with Crippen LogP contribution in [0, 0.1) is 0 Å². The molecule has 0 radical (unpaired) electrons. The molecule has 0 unspecified atom stereocenters. The molecule has 0 aliphatic carbocycles. The van der Waals surface area contributed by atoms with Crippen LogP contribution in [0.1, 0.15) is 31.0 Å². The molecule has 2 aromatic carbocycles. The lowest BCUT2D eigenvalue weighted by Gasteiger charge is -2.20. The highest BCUT2D eigenvalue weighted by molar-refractivity contribution is 5.83. The normalized spacial score (nSPS) is 14.2. The first-order chi connectivity index (χ1) is 10.2. The van der Waals surface area contributed by atoms with Crippen molar-refractivity contribution in [3.8, 4) is 0 Å². The summed E-state index contributed by atoms with van der Waals surface area (Å²) in [5, 5.41) is 5.02. The molecule has 2 nitrogen and oxygen atoms in total. The minimum absolute atomic E-state index is 0.367. The van der Waals surface area contributed by atoms with Gasteiger partial charge in [0.2, 0.25) is 0 Å². The van der Waals surface area contributed by atoms with Crippen LogP contribution in [0.25, 0.3) is 10.9 Å². The fourth-order valence-corrected chi connectivity index (χ4v) is 2.95. The molecule has 2 N–H and O–H groups in total. The molecule has 0 amide bonds. The Bertz CT molecular complexity index is 700. The Morgan fingerprint density at radius 1 is 0.952 bits per heavy atom. The SMILES string of the molecule is C[C@@H](Cc1c[nH]c2ccccc12)N[C@H](C)c1ccccc1. The van der Waals surface area contributed by atoms with Gasteiger partial charge in [0, 0.05) is 29.2 Å². The Morgan fingerprint density at radius 2 is 1.67 bits per heavy atom. The third-order valence-electron chi connectivity index (χ3n) is 4.04. The van der Waals surface area contributed by atoms with Gasteiger partial charge in [0.25, 0.3) is 0 Å². The second kappa shape index (κ2) is 6.15. The fourth-order valence-electron chi connectivity index (χ4n) is 2.95. The number of H-pyrrole nitrogens is 1. The minimum Gasteiger partial charge on any atom is -0.361 e. The first-order valence-electron chi connectivity index (χ1n) is 7.60. The van der Waals surface area contributed by atoms with Crippen molar-refractivity contribution < 1.29 is 0 Å². The van der Waals surface area contributed by atoms with Gasteiger partial charge in [0.15, 0.2) is 0 Å². The smallest absolute Gasteiger partial charge is 0.0456 e. The summed E-state index contributed by atoms with van der Waals surface area (Å²) in [4.78, 5) is 3.35. The van der Waals surface area contributed by atoms with Crippen molar-refractivity contribution in [2.24, 2.45) is 0 Å². The van der Waals surface area contributed by atoms with E-state index >= 15 is 0 Å². The summed E-state index contributed by atoms with van der Waals surface area (Å²) < 4.78 is 0. The predicted molar refractivity (Wildman–Crippen MR) is 89.5 cm³/mol. The number of para-hydroxylation sites is 1. The van der Waals surface area contributed by atoms with E-state index in [-0.39, 0.29) is 0 Å². The molecule has 0 saturated heterocycles. The van der Waals surface area contributed by atoms with Gasteiger partial charge in [-0.1, -0.05) is 48.5 Å². The summed E-state index contributed by atoms with van der Waals surface area (Å²) in [7, 11) is 0. The summed E-state index contributed by atoms with van der Waals surface area (Å²) in [5.41, 5.74) is 3.94. The number of benzene rings is 2. The van der Waals surface area contributed by atoms with Crippen molar-refractivity contribution in [3.05, 3.63) is 71.9 Å². The van der Waals surface area contributed by atoms with Gasteiger partial charge in [-0.15, -0.1) is 0 Å². The highest BCUT2D eigenvalue weighted by atomic mass is 14.9. The van der Waals surface area contributed by atoms with Crippen molar-refractivity contribution >= 4 is 10.9 Å². The van der Waals surface area contributed by atoms with E-state index in [1.165, 1.54) is 22.0 Å². The number of nitrogens with one attached hydrogen (secondary N) is 2. The summed E-state index contributed by atoms with van der Waals surface area (Å²) >= 11 is 0. The molecule has 0 saturated carbocycles. The van der Waals surface area contributed by atoms with Crippen LogP contribution < -0.4 is 5.32 Å². The van der Waals surface area contributed by atoms with E-state index in [2.05, 4.69) is 84.9 Å². The highest BCUT2D eigenvalue weighted by Crippen LogP contribution is 2.20. The zero-order valence-corrected chi connectivity index (χ0v) is 12.6. The van der Waals surface area contributed by atoms with Crippen LogP contribution in [0.2, 0.25) is 0 Å². The van der Waals surface area contributed by atoms with Gasteiger partial charge in [0.1, 0.15) is 0 Å². The molecule has 0 aliphatic rings. The van der Waals surface area contributed by atoms with Crippen molar-refractivity contribution in [1.29, 1.82) is 0 Å². The third kappa shape index (κ3) is 3.17. The summed E-state index contributed by atoms with van der Waals surface area (Å²) in [6, 6.07) is 19.9. The van der Waals surface area contributed by atoms with Gasteiger partial charge < -0.3 is 10.3 Å². The van der Waals surface area contributed by atoms with Crippen molar-refractivity contribution in [1.82, 2.24) is 10.3 Å². The zero-order chi connectivity index (χ0) is 14.7. The molecule has 0 aliphatic heterocycles. The van der Waals surface area contributed by atoms with E-state index in [0.717, 1.165) is 6.42 Å². The Labute approximate surface area is 126 Å². The molecule has 0 bridgehead atoms. The molecule has 1 heterocycles. The van der Waals surface area contributed by atoms with Gasteiger partial charge in [0.05, 0.1) is 0 Å². The van der Waals surface area contributed by atoms with E-state index in [9.17, 15) is 0 Å². The predicted octanol–water partition coefficient (Wildman–Crippen LogP) is 4.45. The van der Waals surface area contributed by atoms with Crippen LogP contribution in [-0.4, -0.2) is 11.0 Å². The van der Waals surface area contributed by atoms with E-state index in [4.69, 9.17) is 0 Å². The van der Waals surface area contributed by atoms with Crippen molar-refractivity contribution in [3.63, 3.8) is 0 Å². The highest BCUT2D eigenvalue weighted by Gasteiger charge is 2.11. The summed E-state index contributed by atoms with van der Waals surface area (Å²) in [5.74, 6) is 0. The second-order valence-electron chi connectivity index (χ2n) is 5.76. The Kier molecular flexibility index (Phi) is 4.07.